The molecule has 0 aromatic heterocycles. The molecular weight excluding hydrogens is 359 g/mol. The molecule has 1 saturated heterocycles. The van der Waals surface area contributed by atoms with Gasteiger partial charge >= 0.3 is 0 Å². The molecule has 152 valence electrons. The summed E-state index contributed by atoms with van der Waals surface area (Å²) in [6, 6.07) is 10.4. The Kier molecular flexibility index (Phi) is 6.73. The Morgan fingerprint density at radius 3 is 2.62 bits per heavy atom. The van der Waals surface area contributed by atoms with Crippen molar-refractivity contribution in [3.05, 3.63) is 47.5 Å². The molecule has 4 rings (SSSR count). The monoisotopic (exact) mass is 390 g/mol. The predicted octanol–water partition coefficient (Wildman–Crippen LogP) is 4.84. The molecule has 0 bridgehead atoms. The van der Waals surface area contributed by atoms with Crippen LogP contribution in [0.1, 0.15) is 63.0 Å². The number of amides is 1. The van der Waals surface area contributed by atoms with Crippen LogP contribution in [0.15, 0.2) is 47.1 Å². The summed E-state index contributed by atoms with van der Waals surface area (Å²) in [6.07, 6.45) is 11.7. The van der Waals surface area contributed by atoms with Crippen molar-refractivity contribution >= 4 is 19.5 Å². The highest BCUT2D eigenvalue weighted by Crippen LogP contribution is 2.36. The second kappa shape index (κ2) is 9.64. The number of hydrogen-bond donors (Lipinski definition) is 0. The van der Waals surface area contributed by atoms with E-state index in [0.717, 1.165) is 62.7 Å². The molecule has 2 atom stereocenters. The van der Waals surface area contributed by atoms with Gasteiger partial charge in [0, 0.05) is 19.5 Å². The van der Waals surface area contributed by atoms with Crippen LogP contribution in [0.5, 0.6) is 0 Å². The molecule has 0 spiro atoms. The van der Waals surface area contributed by atoms with Crippen LogP contribution >= 0.6 is 0 Å². The van der Waals surface area contributed by atoms with Gasteiger partial charge in [0.25, 0.3) is 0 Å². The summed E-state index contributed by atoms with van der Waals surface area (Å²) < 4.78 is 0. The molecule has 1 fully saturated rings. The van der Waals surface area contributed by atoms with Gasteiger partial charge in [-0.2, -0.15) is 0 Å². The number of nitrogens with zero attached hydrogens (tertiary/aromatic N) is 2. The quantitative estimate of drug-likeness (QED) is 0.691. The summed E-state index contributed by atoms with van der Waals surface area (Å²) in [5.41, 5.74) is 3.74. The fourth-order valence-corrected chi connectivity index (χ4v) is 5.17. The van der Waals surface area contributed by atoms with Gasteiger partial charge in [-0.05, 0) is 74.2 Å². The van der Waals surface area contributed by atoms with Crippen molar-refractivity contribution in [1.82, 2.24) is 4.90 Å². The van der Waals surface area contributed by atoms with Gasteiger partial charge in [0.05, 0.1) is 13.6 Å². The SMILES string of the molecule is [B]CC(=O)N1CCC(C2CC/C=C(/C3=NOC(c4ccccc4)C3)CCC2)CC1. The van der Waals surface area contributed by atoms with Gasteiger partial charge in [0.2, 0.25) is 5.91 Å². The van der Waals surface area contributed by atoms with Crippen LogP contribution in [-0.4, -0.2) is 37.5 Å². The van der Waals surface area contributed by atoms with Crippen molar-refractivity contribution in [2.24, 2.45) is 17.0 Å². The van der Waals surface area contributed by atoms with E-state index in [9.17, 15) is 4.79 Å². The van der Waals surface area contributed by atoms with E-state index in [4.69, 9.17) is 12.7 Å². The van der Waals surface area contributed by atoms with Gasteiger partial charge < -0.3 is 9.74 Å². The number of rotatable bonds is 4. The van der Waals surface area contributed by atoms with Gasteiger partial charge in [-0.1, -0.05) is 41.6 Å². The summed E-state index contributed by atoms with van der Waals surface area (Å²) in [7, 11) is 5.51. The van der Waals surface area contributed by atoms with E-state index in [2.05, 4.69) is 35.5 Å². The van der Waals surface area contributed by atoms with E-state index in [1.54, 1.807) is 0 Å². The molecule has 5 heteroatoms. The van der Waals surface area contributed by atoms with Crippen molar-refractivity contribution in [1.29, 1.82) is 0 Å². The first-order valence-electron chi connectivity index (χ1n) is 11.2. The van der Waals surface area contributed by atoms with Crippen LogP contribution in [0.25, 0.3) is 0 Å². The lowest BCUT2D eigenvalue weighted by atomic mass is 9.77. The minimum absolute atomic E-state index is 0.0618. The normalized spacial score (nSPS) is 27.9. The second-order valence-corrected chi connectivity index (χ2v) is 8.63. The van der Waals surface area contributed by atoms with Crippen molar-refractivity contribution in [3.63, 3.8) is 0 Å². The fourth-order valence-electron chi connectivity index (χ4n) is 5.17. The maximum atomic E-state index is 11.8. The Morgan fingerprint density at radius 2 is 1.86 bits per heavy atom. The average molecular weight is 390 g/mol. The van der Waals surface area contributed by atoms with E-state index in [0.29, 0.717) is 0 Å². The minimum atomic E-state index is 0.0618. The third-order valence-corrected chi connectivity index (χ3v) is 6.89. The number of hydrogen-bond acceptors (Lipinski definition) is 3. The molecule has 0 N–H and O–H groups in total. The number of carbonyl (C=O) groups is 1. The lowest BCUT2D eigenvalue weighted by molar-refractivity contribution is -0.130. The third-order valence-electron chi connectivity index (χ3n) is 6.89. The zero-order chi connectivity index (χ0) is 20.1. The van der Waals surface area contributed by atoms with E-state index < -0.39 is 0 Å². The Morgan fingerprint density at radius 1 is 1.10 bits per heavy atom. The van der Waals surface area contributed by atoms with Gasteiger partial charge in [-0.3, -0.25) is 4.79 Å². The molecule has 2 unspecified atom stereocenters. The van der Waals surface area contributed by atoms with Gasteiger partial charge in [0.1, 0.15) is 0 Å². The highest BCUT2D eigenvalue weighted by molar-refractivity contribution is 6.19. The Bertz CT molecular complexity index is 753. The largest absolute Gasteiger partial charge is 0.387 e. The van der Waals surface area contributed by atoms with Gasteiger partial charge in [-0.25, -0.2) is 0 Å². The fraction of sp³-hybridized carbons (Fsp3) is 0.583. The zero-order valence-corrected chi connectivity index (χ0v) is 17.3. The lowest BCUT2D eigenvalue weighted by Crippen LogP contribution is -2.39. The molecule has 1 aliphatic carbocycles. The first kappa shape index (κ1) is 20.2. The topological polar surface area (TPSA) is 41.9 Å². The van der Waals surface area contributed by atoms with Crippen molar-refractivity contribution in [2.75, 3.05) is 13.1 Å². The summed E-state index contributed by atoms with van der Waals surface area (Å²) >= 11 is 0. The predicted molar refractivity (Wildman–Crippen MR) is 117 cm³/mol. The highest BCUT2D eigenvalue weighted by atomic mass is 16.6. The number of oxime groups is 1. The molecule has 4 nitrogen and oxygen atoms in total. The van der Waals surface area contributed by atoms with Crippen molar-refractivity contribution in [2.45, 2.75) is 63.8 Å². The molecule has 1 aromatic rings. The van der Waals surface area contributed by atoms with Crippen molar-refractivity contribution in [3.8, 4) is 0 Å². The average Bonchev–Trinajstić information content (AvgIpc) is 3.24. The van der Waals surface area contributed by atoms with Crippen LogP contribution < -0.4 is 0 Å². The summed E-state index contributed by atoms with van der Waals surface area (Å²) in [5.74, 6) is 1.63. The van der Waals surface area contributed by atoms with E-state index in [1.165, 1.54) is 30.4 Å². The smallest absolute Gasteiger partial charge is 0.213 e. The van der Waals surface area contributed by atoms with Crippen LogP contribution in [-0.2, 0) is 9.63 Å². The number of allylic oxidation sites excluding steroid dienone is 2. The van der Waals surface area contributed by atoms with Crippen molar-refractivity contribution < 1.29 is 9.63 Å². The van der Waals surface area contributed by atoms with E-state index >= 15 is 0 Å². The molecule has 0 saturated carbocycles. The Balaban J connectivity index is 1.29. The van der Waals surface area contributed by atoms with Gasteiger partial charge in [0.15, 0.2) is 6.10 Å². The summed E-state index contributed by atoms with van der Waals surface area (Å²) in [4.78, 5) is 19.5. The van der Waals surface area contributed by atoms with Crippen LogP contribution in [0.4, 0.5) is 0 Å². The highest BCUT2D eigenvalue weighted by Gasteiger charge is 2.29. The second-order valence-electron chi connectivity index (χ2n) is 8.63. The summed E-state index contributed by atoms with van der Waals surface area (Å²) in [6.45, 7) is 1.76. The Labute approximate surface area is 175 Å². The first-order valence-corrected chi connectivity index (χ1v) is 11.2. The van der Waals surface area contributed by atoms with E-state index in [1.807, 2.05) is 11.0 Å². The summed E-state index contributed by atoms with van der Waals surface area (Å²) in [5, 5.41) is 4.43. The van der Waals surface area contributed by atoms with Gasteiger partial charge in [-0.15, -0.1) is 0 Å². The molecule has 2 heterocycles. The molecule has 1 amide bonds. The number of benzene rings is 1. The molecule has 2 aliphatic heterocycles. The minimum Gasteiger partial charge on any atom is -0.387 e. The molecule has 29 heavy (non-hydrogen) atoms. The maximum absolute atomic E-state index is 11.8. The number of likely N-dealkylation sites (tertiary alicyclic amines) is 1. The maximum Gasteiger partial charge on any atom is 0.213 e. The Hall–Kier alpha value is -2.04. The van der Waals surface area contributed by atoms with E-state index in [-0.39, 0.29) is 18.3 Å². The standard InChI is InChI=1S/C24H31BN2O2/c25-17-24(28)27-14-12-19(13-15-27)18-8-4-10-20(11-5-9-18)22-16-23(29-26-22)21-6-2-1-3-7-21/h1-3,6-7,10,18-19,23H,4-5,8-9,11-17H2/b20-10+. The third kappa shape index (κ3) is 4.94. The lowest BCUT2D eigenvalue weighted by Gasteiger charge is -2.36. The first-order chi connectivity index (χ1) is 14.2. The number of carbonyl (C=O) groups excluding carboxylic acids is 1. The van der Waals surface area contributed by atoms with Crippen LogP contribution in [0.2, 0.25) is 6.32 Å². The molecule has 2 radical (unpaired) electrons. The van der Waals surface area contributed by atoms with Crippen LogP contribution in [0, 0.1) is 11.8 Å². The zero-order valence-electron chi connectivity index (χ0n) is 17.3. The number of piperidine rings is 1. The van der Waals surface area contributed by atoms with Crippen LogP contribution in [0.3, 0.4) is 0 Å². The molecule has 1 aromatic carbocycles. The molecular formula is C24H31BN2O2. The molecule has 3 aliphatic rings.